The summed E-state index contributed by atoms with van der Waals surface area (Å²) in [5.41, 5.74) is 0. The van der Waals surface area contributed by atoms with E-state index in [2.05, 4.69) is 32.1 Å². The maximum Gasteiger partial charge on any atom is 0.191 e. The lowest BCUT2D eigenvalue weighted by atomic mass is 10.3. The third-order valence-corrected chi connectivity index (χ3v) is 4.62. The number of nitrogens with zero attached hydrogens (tertiary/aromatic N) is 4. The summed E-state index contributed by atoms with van der Waals surface area (Å²) in [7, 11) is 1.89. The number of hydrogen-bond donors (Lipinski definition) is 2. The molecule has 1 aromatic heterocycles. The summed E-state index contributed by atoms with van der Waals surface area (Å²) in [6.45, 7) is 3.65. The Bertz CT molecular complexity index is 783. The van der Waals surface area contributed by atoms with E-state index in [9.17, 15) is 8.78 Å². The summed E-state index contributed by atoms with van der Waals surface area (Å²) in [4.78, 5) is 4.52. The first-order valence-corrected chi connectivity index (χ1v) is 10.3. The quantitative estimate of drug-likeness (QED) is 0.354. The molecule has 0 bridgehead atoms. The molecule has 154 valence electrons. The summed E-state index contributed by atoms with van der Waals surface area (Å²) in [5, 5.41) is 14.5. The fourth-order valence-electron chi connectivity index (χ4n) is 2.26. The van der Waals surface area contributed by atoms with E-state index in [-0.39, 0.29) is 12.4 Å². The van der Waals surface area contributed by atoms with Crippen molar-refractivity contribution in [3.8, 4) is 5.75 Å². The van der Waals surface area contributed by atoms with Gasteiger partial charge >= 0.3 is 0 Å². The van der Waals surface area contributed by atoms with Crippen LogP contribution in [0.25, 0.3) is 0 Å². The van der Waals surface area contributed by atoms with E-state index in [1.165, 1.54) is 6.07 Å². The number of hydrogen-bond acceptors (Lipinski definition) is 5. The number of halogens is 2. The van der Waals surface area contributed by atoms with Crippen LogP contribution in [0.1, 0.15) is 18.1 Å². The Morgan fingerprint density at radius 2 is 2.04 bits per heavy atom. The third kappa shape index (κ3) is 6.99. The maximum absolute atomic E-state index is 13.6. The zero-order valence-corrected chi connectivity index (χ0v) is 17.2. The van der Waals surface area contributed by atoms with Crippen molar-refractivity contribution < 1.29 is 13.5 Å². The van der Waals surface area contributed by atoms with Crippen LogP contribution < -0.4 is 15.4 Å². The fourth-order valence-corrected chi connectivity index (χ4v) is 2.69. The Morgan fingerprint density at radius 3 is 2.71 bits per heavy atom. The lowest BCUT2D eigenvalue weighted by molar-refractivity contribution is 0.304. The molecule has 1 heterocycles. The smallest absolute Gasteiger partial charge is 0.191 e. The summed E-state index contributed by atoms with van der Waals surface area (Å²) >= 11 is 1.79. The minimum atomic E-state index is -0.721. The summed E-state index contributed by atoms with van der Waals surface area (Å²) in [6, 6.07) is 3.23. The molecule has 0 fully saturated rings. The number of benzene rings is 1. The van der Waals surface area contributed by atoms with Crippen LogP contribution in [0.3, 0.4) is 0 Å². The maximum atomic E-state index is 13.6. The van der Waals surface area contributed by atoms with E-state index in [1.54, 1.807) is 11.8 Å². The minimum Gasteiger partial charge on any atom is -0.489 e. The van der Waals surface area contributed by atoms with Gasteiger partial charge in [0, 0.05) is 19.7 Å². The number of ether oxygens (including phenoxy) is 1. The van der Waals surface area contributed by atoms with Gasteiger partial charge in [0.2, 0.25) is 0 Å². The lowest BCUT2D eigenvalue weighted by Gasteiger charge is -2.13. The highest BCUT2D eigenvalue weighted by molar-refractivity contribution is 7.98. The van der Waals surface area contributed by atoms with Gasteiger partial charge in [-0.25, -0.2) is 13.8 Å². The normalized spacial score (nSPS) is 11.5. The molecule has 0 unspecified atom stereocenters. The molecule has 0 spiro atoms. The number of rotatable bonds is 10. The zero-order valence-electron chi connectivity index (χ0n) is 16.3. The molecule has 2 N–H and O–H groups in total. The Morgan fingerprint density at radius 1 is 1.25 bits per heavy atom. The zero-order chi connectivity index (χ0) is 20.4. The van der Waals surface area contributed by atoms with Gasteiger partial charge in [-0.2, -0.15) is 11.8 Å². The van der Waals surface area contributed by atoms with Gasteiger partial charge in [-0.3, -0.25) is 0 Å². The molecule has 0 atom stereocenters. The van der Waals surface area contributed by atoms with Crippen LogP contribution in [0, 0.1) is 18.6 Å². The van der Waals surface area contributed by atoms with Gasteiger partial charge in [-0.1, -0.05) is 0 Å². The lowest BCUT2D eigenvalue weighted by Crippen LogP contribution is -2.40. The topological polar surface area (TPSA) is 76.4 Å². The Kier molecular flexibility index (Phi) is 8.99. The number of aliphatic imine (C=N–C) groups is 1. The highest BCUT2D eigenvalue weighted by Crippen LogP contribution is 2.17. The summed E-state index contributed by atoms with van der Waals surface area (Å²) < 4.78 is 33.7. The first kappa shape index (κ1) is 21.9. The number of guanidine groups is 1. The molecule has 0 amide bonds. The highest BCUT2D eigenvalue weighted by atomic mass is 32.2. The van der Waals surface area contributed by atoms with Crippen molar-refractivity contribution >= 4 is 17.7 Å². The predicted molar refractivity (Wildman–Crippen MR) is 108 cm³/mol. The molecule has 0 saturated heterocycles. The predicted octanol–water partition coefficient (Wildman–Crippen LogP) is 2.27. The molecule has 1 aromatic carbocycles. The van der Waals surface area contributed by atoms with Crippen molar-refractivity contribution in [2.75, 3.05) is 31.7 Å². The molecular weight excluding hydrogens is 386 g/mol. The number of aryl methyl sites for hydroxylation is 1. The number of thioether (sulfide) groups is 1. The van der Waals surface area contributed by atoms with Gasteiger partial charge < -0.3 is 19.9 Å². The molecule has 0 aliphatic heterocycles. The molecule has 2 aromatic rings. The molecular formula is C18H26F2N6OS. The molecule has 0 aliphatic rings. The van der Waals surface area contributed by atoms with Crippen LogP contribution in [-0.4, -0.2) is 52.4 Å². The van der Waals surface area contributed by atoms with E-state index >= 15 is 0 Å². The summed E-state index contributed by atoms with van der Waals surface area (Å²) in [6.07, 6.45) is 3.07. The van der Waals surface area contributed by atoms with Crippen molar-refractivity contribution in [1.29, 1.82) is 0 Å². The average molecular weight is 413 g/mol. The van der Waals surface area contributed by atoms with Crippen LogP contribution >= 0.6 is 11.8 Å². The number of aromatic nitrogens is 3. The van der Waals surface area contributed by atoms with Crippen molar-refractivity contribution in [3.63, 3.8) is 0 Å². The second-order valence-electron chi connectivity index (χ2n) is 6.01. The van der Waals surface area contributed by atoms with Crippen molar-refractivity contribution in [1.82, 2.24) is 25.4 Å². The van der Waals surface area contributed by atoms with Gasteiger partial charge in [0.1, 0.15) is 24.8 Å². The second kappa shape index (κ2) is 11.5. The largest absolute Gasteiger partial charge is 0.489 e. The van der Waals surface area contributed by atoms with Gasteiger partial charge in [0.05, 0.1) is 6.54 Å². The average Bonchev–Trinajstić information content (AvgIpc) is 2.99. The Balaban J connectivity index is 1.87. The standard InChI is InChI=1S/C18H26F2N6OS/c1-13-24-25-17(26(13)2)12-23-18(21-7-4-10-28-3)22-8-9-27-16-6-5-14(19)11-15(16)20/h5-6,11H,4,7-10,12H2,1-3H3,(H2,21,22,23). The third-order valence-electron chi connectivity index (χ3n) is 3.93. The van der Waals surface area contributed by atoms with Crippen molar-refractivity contribution in [2.24, 2.45) is 12.0 Å². The van der Waals surface area contributed by atoms with E-state index in [4.69, 9.17) is 4.74 Å². The van der Waals surface area contributed by atoms with E-state index in [0.717, 1.165) is 42.5 Å². The monoisotopic (exact) mass is 412 g/mol. The molecule has 0 radical (unpaired) electrons. The van der Waals surface area contributed by atoms with Crippen molar-refractivity contribution in [2.45, 2.75) is 19.9 Å². The van der Waals surface area contributed by atoms with E-state index in [0.29, 0.717) is 19.0 Å². The first-order valence-electron chi connectivity index (χ1n) is 8.95. The van der Waals surface area contributed by atoms with Crippen LogP contribution in [0.4, 0.5) is 8.78 Å². The molecule has 7 nitrogen and oxygen atoms in total. The van der Waals surface area contributed by atoms with Crippen LogP contribution in [-0.2, 0) is 13.6 Å². The van der Waals surface area contributed by atoms with E-state index < -0.39 is 11.6 Å². The van der Waals surface area contributed by atoms with Crippen LogP contribution in [0.2, 0.25) is 0 Å². The van der Waals surface area contributed by atoms with Gasteiger partial charge in [-0.05, 0) is 37.5 Å². The Labute approximate surface area is 168 Å². The number of nitrogens with one attached hydrogen (secondary N) is 2. The summed E-state index contributed by atoms with van der Waals surface area (Å²) in [5.74, 6) is 1.91. The van der Waals surface area contributed by atoms with Crippen molar-refractivity contribution in [3.05, 3.63) is 41.5 Å². The SMILES string of the molecule is CSCCCNC(=NCc1nnc(C)n1C)NCCOc1ccc(F)cc1F. The van der Waals surface area contributed by atoms with Gasteiger partial charge in [0.15, 0.2) is 23.4 Å². The molecule has 28 heavy (non-hydrogen) atoms. The van der Waals surface area contributed by atoms with E-state index in [1.807, 2.05) is 18.5 Å². The highest BCUT2D eigenvalue weighted by Gasteiger charge is 2.07. The molecule has 10 heteroatoms. The first-order chi connectivity index (χ1) is 13.5. The molecule has 0 saturated carbocycles. The second-order valence-corrected chi connectivity index (χ2v) is 7.00. The molecule has 0 aliphatic carbocycles. The minimum absolute atomic E-state index is 0.0178. The van der Waals surface area contributed by atoms with Crippen LogP contribution in [0.15, 0.2) is 23.2 Å². The van der Waals surface area contributed by atoms with Gasteiger partial charge in [-0.15, -0.1) is 10.2 Å². The molecule has 2 rings (SSSR count). The fraction of sp³-hybridized carbons (Fsp3) is 0.500. The Hall–Kier alpha value is -2.36. The van der Waals surface area contributed by atoms with Crippen LogP contribution in [0.5, 0.6) is 5.75 Å². The van der Waals surface area contributed by atoms with Gasteiger partial charge in [0.25, 0.3) is 0 Å².